The van der Waals surface area contributed by atoms with Gasteiger partial charge in [0, 0.05) is 18.2 Å². The van der Waals surface area contributed by atoms with Gasteiger partial charge in [0.2, 0.25) is 0 Å². The van der Waals surface area contributed by atoms with E-state index in [-0.39, 0.29) is 27.4 Å². The quantitative estimate of drug-likeness (QED) is 0.422. The molecule has 0 bridgehead atoms. The summed E-state index contributed by atoms with van der Waals surface area (Å²) in [6.45, 7) is 2.41. The van der Waals surface area contributed by atoms with Crippen molar-refractivity contribution in [3.05, 3.63) is 52.6 Å². The van der Waals surface area contributed by atoms with Crippen molar-refractivity contribution in [3.8, 4) is 11.3 Å². The second kappa shape index (κ2) is 8.26. The fraction of sp³-hybridized carbons (Fsp3) is 0.300. The lowest BCUT2D eigenvalue weighted by Gasteiger charge is -2.11. The topological polar surface area (TPSA) is 50.5 Å². The molecule has 0 aliphatic carbocycles. The third-order valence-electron chi connectivity index (χ3n) is 4.23. The molecule has 1 aliphatic heterocycles. The summed E-state index contributed by atoms with van der Waals surface area (Å²) < 4.78 is 44.2. The lowest BCUT2D eigenvalue weighted by atomic mass is 10.1. The Morgan fingerprint density at radius 1 is 1.14 bits per heavy atom. The van der Waals surface area contributed by atoms with E-state index >= 15 is 0 Å². The predicted molar refractivity (Wildman–Crippen MR) is 101 cm³/mol. The molecule has 28 heavy (non-hydrogen) atoms. The van der Waals surface area contributed by atoms with Crippen LogP contribution in [0.3, 0.4) is 0 Å². The molecule has 0 spiro atoms. The van der Waals surface area contributed by atoms with E-state index in [9.17, 15) is 22.8 Å². The van der Waals surface area contributed by atoms with Gasteiger partial charge in [0.25, 0.3) is 11.1 Å². The Bertz CT molecular complexity index is 917. The molecule has 0 N–H and O–H groups in total. The minimum absolute atomic E-state index is 0.242. The van der Waals surface area contributed by atoms with Crippen LogP contribution >= 0.6 is 11.8 Å². The Morgan fingerprint density at radius 3 is 2.64 bits per heavy atom. The van der Waals surface area contributed by atoms with Crippen LogP contribution in [0.5, 0.6) is 0 Å². The number of imide groups is 1. The van der Waals surface area contributed by atoms with Crippen molar-refractivity contribution < 1.29 is 27.2 Å². The zero-order valence-electron chi connectivity index (χ0n) is 15.1. The lowest BCUT2D eigenvalue weighted by Crippen LogP contribution is -2.29. The number of amides is 2. The molecule has 8 heteroatoms. The molecule has 1 saturated heterocycles. The van der Waals surface area contributed by atoms with E-state index in [1.165, 1.54) is 29.2 Å². The second-order valence-corrected chi connectivity index (χ2v) is 7.31. The van der Waals surface area contributed by atoms with Crippen molar-refractivity contribution >= 4 is 29.0 Å². The zero-order valence-corrected chi connectivity index (χ0v) is 15.9. The summed E-state index contributed by atoms with van der Waals surface area (Å²) in [5, 5.41) is -0.322. The third-order valence-corrected chi connectivity index (χ3v) is 5.14. The third kappa shape index (κ3) is 4.49. The predicted octanol–water partition coefficient (Wildman–Crippen LogP) is 6.19. The van der Waals surface area contributed by atoms with E-state index in [1.54, 1.807) is 6.07 Å². The number of hydrogen-bond acceptors (Lipinski definition) is 4. The molecule has 1 aliphatic rings. The smallest absolute Gasteiger partial charge is 0.416 e. The first-order valence-corrected chi connectivity index (χ1v) is 9.64. The highest BCUT2D eigenvalue weighted by atomic mass is 32.2. The highest BCUT2D eigenvalue weighted by molar-refractivity contribution is 8.18. The van der Waals surface area contributed by atoms with Gasteiger partial charge in [0.05, 0.1) is 10.5 Å². The maximum atomic E-state index is 12.9. The maximum Gasteiger partial charge on any atom is 0.416 e. The molecular formula is C20H18F3NO3S. The number of alkyl halides is 3. The minimum Gasteiger partial charge on any atom is -0.457 e. The summed E-state index contributed by atoms with van der Waals surface area (Å²) in [5.74, 6) is 0.175. The van der Waals surface area contributed by atoms with Crippen molar-refractivity contribution in [2.45, 2.75) is 32.4 Å². The summed E-state index contributed by atoms with van der Waals surface area (Å²) in [6.07, 6.45) is -0.331. The lowest BCUT2D eigenvalue weighted by molar-refractivity contribution is -0.137. The van der Waals surface area contributed by atoms with E-state index < -0.39 is 11.7 Å². The van der Waals surface area contributed by atoms with E-state index in [0.717, 1.165) is 43.2 Å². The van der Waals surface area contributed by atoms with Gasteiger partial charge in [0.1, 0.15) is 11.5 Å². The van der Waals surface area contributed by atoms with Crippen LogP contribution in [0.25, 0.3) is 17.4 Å². The molecule has 2 heterocycles. The summed E-state index contributed by atoms with van der Waals surface area (Å²) in [6, 6.07) is 7.90. The average molecular weight is 409 g/mol. The number of hydrogen-bond donors (Lipinski definition) is 0. The van der Waals surface area contributed by atoms with Crippen molar-refractivity contribution in [1.82, 2.24) is 4.90 Å². The Balaban J connectivity index is 1.78. The molecule has 2 amide bonds. The molecular weight excluding hydrogens is 391 g/mol. The maximum absolute atomic E-state index is 12.9. The summed E-state index contributed by atoms with van der Waals surface area (Å²) in [5.41, 5.74) is -0.488. The van der Waals surface area contributed by atoms with Gasteiger partial charge >= 0.3 is 6.18 Å². The Labute approximate surface area is 164 Å². The van der Waals surface area contributed by atoms with Gasteiger partial charge in [-0.2, -0.15) is 13.2 Å². The number of carbonyl (C=O) groups excluding carboxylic acids is 2. The number of furan rings is 1. The van der Waals surface area contributed by atoms with Crippen LogP contribution in [0.15, 0.2) is 45.7 Å². The van der Waals surface area contributed by atoms with Gasteiger partial charge in [-0.3, -0.25) is 14.5 Å². The van der Waals surface area contributed by atoms with Gasteiger partial charge in [-0.15, -0.1) is 0 Å². The zero-order chi connectivity index (χ0) is 20.3. The van der Waals surface area contributed by atoms with Crippen molar-refractivity contribution in [1.29, 1.82) is 0 Å². The molecule has 2 aromatic rings. The van der Waals surface area contributed by atoms with Gasteiger partial charge in [0.15, 0.2) is 0 Å². The van der Waals surface area contributed by atoms with Crippen LogP contribution in [-0.4, -0.2) is 22.6 Å². The van der Waals surface area contributed by atoms with Gasteiger partial charge in [-0.25, -0.2) is 0 Å². The highest BCUT2D eigenvalue weighted by Crippen LogP contribution is 2.35. The van der Waals surface area contributed by atoms with Gasteiger partial charge in [-0.05, 0) is 42.4 Å². The molecule has 1 aromatic heterocycles. The minimum atomic E-state index is -4.44. The number of unbranched alkanes of at least 4 members (excludes halogenated alkanes) is 2. The number of benzene rings is 1. The largest absolute Gasteiger partial charge is 0.457 e. The average Bonchev–Trinajstić information content (AvgIpc) is 3.21. The van der Waals surface area contributed by atoms with Crippen LogP contribution in [-0.2, 0) is 11.0 Å². The van der Waals surface area contributed by atoms with Crippen LogP contribution in [0, 0.1) is 0 Å². The number of thioether (sulfide) groups is 1. The second-order valence-electron chi connectivity index (χ2n) is 6.32. The number of nitrogens with zero attached hydrogens (tertiary/aromatic N) is 1. The molecule has 0 saturated carbocycles. The fourth-order valence-corrected chi connectivity index (χ4v) is 3.62. The van der Waals surface area contributed by atoms with Crippen molar-refractivity contribution in [2.24, 2.45) is 0 Å². The van der Waals surface area contributed by atoms with Gasteiger partial charge in [-0.1, -0.05) is 31.9 Å². The molecule has 3 rings (SSSR count). The van der Waals surface area contributed by atoms with Crippen LogP contribution in [0.2, 0.25) is 0 Å². The molecule has 148 valence electrons. The number of carbonyl (C=O) groups is 2. The Morgan fingerprint density at radius 2 is 1.93 bits per heavy atom. The van der Waals surface area contributed by atoms with Crippen LogP contribution < -0.4 is 0 Å². The monoisotopic (exact) mass is 409 g/mol. The highest BCUT2D eigenvalue weighted by Gasteiger charge is 2.35. The molecule has 0 unspecified atom stereocenters. The normalized spacial score (nSPS) is 16.4. The first-order chi connectivity index (χ1) is 13.3. The Hall–Kier alpha value is -2.48. The van der Waals surface area contributed by atoms with E-state index in [4.69, 9.17) is 4.42 Å². The molecule has 1 aromatic carbocycles. The molecule has 0 radical (unpaired) electrons. The molecule has 0 atom stereocenters. The van der Waals surface area contributed by atoms with Crippen molar-refractivity contribution in [2.75, 3.05) is 6.54 Å². The summed E-state index contributed by atoms with van der Waals surface area (Å²) in [4.78, 5) is 25.9. The summed E-state index contributed by atoms with van der Waals surface area (Å²) >= 11 is 0.835. The first-order valence-electron chi connectivity index (χ1n) is 8.82. The SMILES string of the molecule is CCCCCN1C(=O)S/C(=C\c2ccc(-c3cccc(C(F)(F)F)c3)o2)C1=O. The first kappa shape index (κ1) is 20.3. The van der Waals surface area contributed by atoms with Crippen LogP contribution in [0.1, 0.15) is 37.5 Å². The number of halogens is 3. The fourth-order valence-electron chi connectivity index (χ4n) is 2.78. The van der Waals surface area contributed by atoms with Crippen molar-refractivity contribution in [3.63, 3.8) is 0 Å². The Kier molecular flexibility index (Phi) is 5.98. The molecule has 4 nitrogen and oxygen atoms in total. The van der Waals surface area contributed by atoms with E-state index in [2.05, 4.69) is 0 Å². The van der Waals surface area contributed by atoms with Gasteiger partial charge < -0.3 is 4.42 Å². The van der Waals surface area contributed by atoms with E-state index in [0.29, 0.717) is 12.3 Å². The molecule has 1 fully saturated rings. The van der Waals surface area contributed by atoms with E-state index in [1.807, 2.05) is 6.92 Å². The number of rotatable bonds is 6. The van der Waals surface area contributed by atoms with Crippen LogP contribution in [0.4, 0.5) is 18.0 Å². The summed E-state index contributed by atoms with van der Waals surface area (Å²) in [7, 11) is 0. The standard InChI is InChI=1S/C20H18F3NO3S/c1-2-3-4-10-24-18(25)17(28-19(24)26)12-15-8-9-16(27-15)13-6-5-7-14(11-13)20(21,22)23/h5-9,11-12H,2-4,10H2,1H3/b17-12-.